The van der Waals surface area contributed by atoms with Crippen LogP contribution in [-0.2, 0) is 23.0 Å². The van der Waals surface area contributed by atoms with Gasteiger partial charge in [-0.05, 0) is 17.0 Å². The van der Waals surface area contributed by atoms with Crippen molar-refractivity contribution in [2.45, 2.75) is 11.9 Å². The molecular weight excluding hydrogens is 361 g/mol. The normalized spacial score (nSPS) is 13.2. The molecule has 0 amide bonds. The van der Waals surface area contributed by atoms with Gasteiger partial charge in [-0.3, -0.25) is 4.21 Å². The molecule has 9 heteroatoms. The standard InChI is InChI=1S/C15H11F3N2O2S2/c16-15(17,18)14-19-12(13(20-14)11-2-1-7-23-11)10-5-3-9(4-6-10)8-24(21)22/h1-7H,8H2,(H,19,20)(H,21,22)/p-1. The zero-order valence-corrected chi connectivity index (χ0v) is 13.6. The SMILES string of the molecule is O=S([O-])Cc1ccc(-c2nc(C(F)(F)F)[nH]c2-c2cccs2)cc1. The van der Waals surface area contributed by atoms with Gasteiger partial charge in [0.2, 0.25) is 5.82 Å². The van der Waals surface area contributed by atoms with Crippen LogP contribution in [0, 0.1) is 0 Å². The summed E-state index contributed by atoms with van der Waals surface area (Å²) >= 11 is -0.923. The number of thiophene rings is 1. The lowest BCUT2D eigenvalue weighted by Crippen LogP contribution is -2.07. The summed E-state index contributed by atoms with van der Waals surface area (Å²) in [6, 6.07) is 9.70. The third-order valence-electron chi connectivity index (χ3n) is 3.25. The smallest absolute Gasteiger partial charge is 0.449 e. The Hall–Kier alpha value is -1.97. The van der Waals surface area contributed by atoms with Gasteiger partial charge in [-0.2, -0.15) is 13.2 Å². The highest BCUT2D eigenvalue weighted by molar-refractivity contribution is 7.78. The van der Waals surface area contributed by atoms with Gasteiger partial charge in [0.15, 0.2) is 0 Å². The van der Waals surface area contributed by atoms with Gasteiger partial charge in [0.25, 0.3) is 0 Å². The number of alkyl halides is 3. The van der Waals surface area contributed by atoms with Gasteiger partial charge in [0.05, 0.1) is 16.3 Å². The Kier molecular flexibility index (Phi) is 4.57. The Balaban J connectivity index is 2.06. The molecule has 1 unspecified atom stereocenters. The molecule has 3 aromatic rings. The minimum Gasteiger partial charge on any atom is -0.772 e. The fraction of sp³-hybridized carbons (Fsp3) is 0.133. The van der Waals surface area contributed by atoms with Crippen molar-refractivity contribution in [1.82, 2.24) is 9.97 Å². The van der Waals surface area contributed by atoms with Crippen molar-refractivity contribution < 1.29 is 21.9 Å². The number of benzene rings is 1. The highest BCUT2D eigenvalue weighted by Gasteiger charge is 2.36. The van der Waals surface area contributed by atoms with Crippen molar-refractivity contribution in [3.05, 3.63) is 53.2 Å². The van der Waals surface area contributed by atoms with E-state index in [4.69, 9.17) is 0 Å². The van der Waals surface area contributed by atoms with E-state index >= 15 is 0 Å². The van der Waals surface area contributed by atoms with Crippen LogP contribution in [0.2, 0.25) is 0 Å². The first-order chi connectivity index (χ1) is 11.3. The van der Waals surface area contributed by atoms with Crippen molar-refractivity contribution in [2.75, 3.05) is 0 Å². The zero-order chi connectivity index (χ0) is 17.3. The van der Waals surface area contributed by atoms with E-state index in [1.54, 1.807) is 41.8 Å². The average Bonchev–Trinajstić information content (AvgIpc) is 3.16. The second-order valence-electron chi connectivity index (χ2n) is 4.93. The largest absolute Gasteiger partial charge is 0.772 e. The maximum atomic E-state index is 13.0. The molecule has 0 saturated heterocycles. The molecule has 0 aliphatic rings. The van der Waals surface area contributed by atoms with Crippen molar-refractivity contribution in [1.29, 1.82) is 0 Å². The Morgan fingerprint density at radius 2 is 1.92 bits per heavy atom. The Bertz CT molecular complexity index is 856. The van der Waals surface area contributed by atoms with Crippen LogP contribution in [0.5, 0.6) is 0 Å². The first kappa shape index (κ1) is 16.9. The predicted octanol–water partition coefficient (Wildman–Crippen LogP) is 4.20. The van der Waals surface area contributed by atoms with Crippen LogP contribution < -0.4 is 0 Å². The first-order valence-corrected chi connectivity index (χ1v) is 8.83. The topological polar surface area (TPSA) is 68.8 Å². The summed E-state index contributed by atoms with van der Waals surface area (Å²) in [6.45, 7) is 0. The minimum atomic E-state index is -4.58. The summed E-state index contributed by atoms with van der Waals surface area (Å²) in [6.07, 6.45) is -4.58. The van der Waals surface area contributed by atoms with E-state index in [0.717, 1.165) is 0 Å². The van der Waals surface area contributed by atoms with E-state index in [9.17, 15) is 21.9 Å². The molecule has 4 nitrogen and oxygen atoms in total. The van der Waals surface area contributed by atoms with Gasteiger partial charge < -0.3 is 9.54 Å². The molecule has 0 spiro atoms. The van der Waals surface area contributed by atoms with E-state index in [1.165, 1.54) is 11.3 Å². The molecular formula is C15H10F3N2O2S2-. The summed E-state index contributed by atoms with van der Waals surface area (Å²) in [5.74, 6) is -1.21. The van der Waals surface area contributed by atoms with Gasteiger partial charge in [-0.15, -0.1) is 11.3 Å². The second kappa shape index (κ2) is 6.50. The number of aromatic nitrogens is 2. The quantitative estimate of drug-likeness (QED) is 0.699. The molecule has 3 rings (SSSR count). The van der Waals surface area contributed by atoms with Crippen LogP contribution in [0.15, 0.2) is 41.8 Å². The number of nitrogens with zero attached hydrogens (tertiary/aromatic N) is 1. The van der Waals surface area contributed by atoms with Crippen LogP contribution in [0.1, 0.15) is 11.4 Å². The van der Waals surface area contributed by atoms with Gasteiger partial charge in [-0.25, -0.2) is 4.98 Å². The number of hydrogen-bond acceptors (Lipinski definition) is 4. The predicted molar refractivity (Wildman–Crippen MR) is 85.0 cm³/mol. The van der Waals surface area contributed by atoms with Crippen LogP contribution in [0.4, 0.5) is 13.2 Å². The molecule has 0 bridgehead atoms. The average molecular weight is 371 g/mol. The molecule has 1 atom stereocenters. The third-order valence-corrected chi connectivity index (χ3v) is 4.71. The molecule has 2 aromatic heterocycles. The molecule has 0 saturated carbocycles. The van der Waals surface area contributed by atoms with Gasteiger partial charge in [0.1, 0.15) is 0 Å². The molecule has 1 aromatic carbocycles. The van der Waals surface area contributed by atoms with Crippen LogP contribution in [0.25, 0.3) is 21.8 Å². The number of halogens is 3. The lowest BCUT2D eigenvalue weighted by Gasteiger charge is -2.06. The summed E-state index contributed by atoms with van der Waals surface area (Å²) < 4.78 is 60.4. The van der Waals surface area contributed by atoms with Gasteiger partial charge >= 0.3 is 6.18 Å². The van der Waals surface area contributed by atoms with E-state index in [0.29, 0.717) is 16.0 Å². The first-order valence-electron chi connectivity index (χ1n) is 6.71. The molecule has 126 valence electrons. The summed E-state index contributed by atoms with van der Waals surface area (Å²) in [5, 5.41) is 1.76. The third kappa shape index (κ3) is 3.58. The summed E-state index contributed by atoms with van der Waals surface area (Å²) in [7, 11) is 0. The molecule has 1 N–H and O–H groups in total. The maximum absolute atomic E-state index is 13.0. The van der Waals surface area contributed by atoms with Crippen molar-refractivity contribution in [2.24, 2.45) is 0 Å². The summed E-state index contributed by atoms with van der Waals surface area (Å²) in [4.78, 5) is 6.68. The maximum Gasteiger partial charge on any atom is 0.449 e. The molecule has 24 heavy (non-hydrogen) atoms. The Labute approximate surface area is 141 Å². The van der Waals surface area contributed by atoms with Crippen molar-refractivity contribution >= 4 is 22.4 Å². The highest BCUT2D eigenvalue weighted by Crippen LogP contribution is 2.37. The number of hydrogen-bond donors (Lipinski definition) is 1. The number of rotatable bonds is 4. The fourth-order valence-corrected chi connectivity index (χ4v) is 3.40. The van der Waals surface area contributed by atoms with E-state index in [2.05, 4.69) is 9.97 Å². The highest BCUT2D eigenvalue weighted by atomic mass is 32.2. The zero-order valence-electron chi connectivity index (χ0n) is 12.0. The number of imidazole rings is 1. The number of nitrogens with one attached hydrogen (secondary N) is 1. The van der Waals surface area contributed by atoms with E-state index < -0.39 is 23.1 Å². The lowest BCUT2D eigenvalue weighted by molar-refractivity contribution is -0.144. The molecule has 0 aliphatic carbocycles. The Morgan fingerprint density at radius 1 is 1.21 bits per heavy atom. The van der Waals surface area contributed by atoms with E-state index in [1.807, 2.05) is 0 Å². The van der Waals surface area contributed by atoms with Gasteiger partial charge in [-0.1, -0.05) is 41.4 Å². The Morgan fingerprint density at radius 3 is 2.46 bits per heavy atom. The van der Waals surface area contributed by atoms with Crippen LogP contribution >= 0.6 is 11.3 Å². The number of H-pyrrole nitrogens is 1. The van der Waals surface area contributed by atoms with Crippen molar-refractivity contribution in [3.63, 3.8) is 0 Å². The van der Waals surface area contributed by atoms with Crippen LogP contribution in [-0.4, -0.2) is 18.7 Å². The summed E-state index contributed by atoms with van der Waals surface area (Å²) in [5.41, 5.74) is 1.50. The monoisotopic (exact) mass is 371 g/mol. The van der Waals surface area contributed by atoms with E-state index in [-0.39, 0.29) is 17.1 Å². The number of aromatic amines is 1. The molecule has 0 aliphatic heterocycles. The van der Waals surface area contributed by atoms with Crippen LogP contribution in [0.3, 0.4) is 0 Å². The minimum absolute atomic E-state index is 0.146. The van der Waals surface area contributed by atoms with Gasteiger partial charge in [0, 0.05) is 11.3 Å². The van der Waals surface area contributed by atoms with Crippen molar-refractivity contribution in [3.8, 4) is 21.8 Å². The molecule has 2 heterocycles. The lowest BCUT2D eigenvalue weighted by atomic mass is 10.1. The molecule has 0 fully saturated rings. The fourth-order valence-electron chi connectivity index (χ4n) is 2.21. The second-order valence-corrected chi connectivity index (χ2v) is 6.77. The molecule has 0 radical (unpaired) electrons.